The summed E-state index contributed by atoms with van der Waals surface area (Å²) in [5.41, 5.74) is 0. The first-order valence-corrected chi connectivity index (χ1v) is 9.80. The first-order chi connectivity index (χ1) is 13.2. The molecule has 2 aromatic heterocycles. The minimum absolute atomic E-state index is 0.0407. The lowest BCUT2D eigenvalue weighted by Gasteiger charge is -2.32. The van der Waals surface area contributed by atoms with E-state index in [1.165, 1.54) is 0 Å². The summed E-state index contributed by atoms with van der Waals surface area (Å²) in [7, 11) is 0. The van der Waals surface area contributed by atoms with Crippen LogP contribution in [0, 0.1) is 5.92 Å². The van der Waals surface area contributed by atoms with Crippen LogP contribution in [-0.2, 0) is 4.79 Å². The van der Waals surface area contributed by atoms with Gasteiger partial charge >= 0.3 is 0 Å². The minimum Gasteiger partial charge on any atom is -0.468 e. The Labute approximate surface area is 160 Å². The molecule has 7 heteroatoms. The van der Waals surface area contributed by atoms with Crippen molar-refractivity contribution in [1.82, 2.24) is 20.2 Å². The molecule has 7 nitrogen and oxygen atoms in total. The van der Waals surface area contributed by atoms with Crippen molar-refractivity contribution >= 4 is 11.9 Å². The van der Waals surface area contributed by atoms with Gasteiger partial charge in [0.25, 0.3) is 0 Å². The summed E-state index contributed by atoms with van der Waals surface area (Å²) in [4.78, 5) is 25.7. The van der Waals surface area contributed by atoms with E-state index in [0.717, 1.165) is 50.7 Å². The van der Waals surface area contributed by atoms with Crippen molar-refractivity contribution in [3.63, 3.8) is 0 Å². The number of likely N-dealkylation sites (N-methyl/N-ethyl adjacent to an activating group) is 1. The Kier molecular flexibility index (Phi) is 6.81. The Balaban J connectivity index is 1.52. The van der Waals surface area contributed by atoms with Gasteiger partial charge in [-0.15, -0.1) is 0 Å². The van der Waals surface area contributed by atoms with Gasteiger partial charge < -0.3 is 14.6 Å². The van der Waals surface area contributed by atoms with E-state index in [1.807, 2.05) is 18.2 Å². The Morgan fingerprint density at radius 1 is 1.26 bits per heavy atom. The van der Waals surface area contributed by atoms with Crippen LogP contribution in [-0.4, -0.2) is 53.5 Å². The van der Waals surface area contributed by atoms with Crippen LogP contribution in [0.5, 0.6) is 0 Å². The highest BCUT2D eigenvalue weighted by molar-refractivity contribution is 5.79. The Morgan fingerprint density at radius 3 is 2.56 bits per heavy atom. The van der Waals surface area contributed by atoms with Crippen molar-refractivity contribution in [3.8, 4) is 0 Å². The second-order valence-electron chi connectivity index (χ2n) is 6.81. The number of piperidine rings is 1. The summed E-state index contributed by atoms with van der Waals surface area (Å²) in [6, 6.07) is 5.76. The van der Waals surface area contributed by atoms with E-state index in [-0.39, 0.29) is 17.9 Å². The maximum absolute atomic E-state index is 12.7. The van der Waals surface area contributed by atoms with Crippen molar-refractivity contribution < 1.29 is 9.21 Å². The molecule has 1 saturated heterocycles. The van der Waals surface area contributed by atoms with Gasteiger partial charge in [0.2, 0.25) is 11.9 Å². The first-order valence-electron chi connectivity index (χ1n) is 9.80. The molecule has 146 valence electrons. The van der Waals surface area contributed by atoms with Gasteiger partial charge in [-0.1, -0.05) is 13.8 Å². The molecule has 27 heavy (non-hydrogen) atoms. The highest BCUT2D eigenvalue weighted by Crippen LogP contribution is 2.23. The zero-order valence-electron chi connectivity index (χ0n) is 16.2. The van der Waals surface area contributed by atoms with Gasteiger partial charge in [-0.25, -0.2) is 9.97 Å². The molecule has 1 N–H and O–H groups in total. The maximum Gasteiger partial charge on any atom is 0.225 e. The molecule has 1 atom stereocenters. The standard InChI is InChI=1S/C20H29N5O2/c1-3-24(4-2)17(18-7-5-14-27-18)15-23-19(26)16-8-12-25(13-9-16)20-21-10-6-11-22-20/h5-7,10-11,14,16-17H,3-4,8-9,12-13,15H2,1-2H3,(H,23,26)/t17-/m0/s1. The number of hydrogen-bond acceptors (Lipinski definition) is 6. The monoisotopic (exact) mass is 371 g/mol. The number of carbonyl (C=O) groups is 1. The lowest BCUT2D eigenvalue weighted by molar-refractivity contribution is -0.125. The van der Waals surface area contributed by atoms with Gasteiger partial charge in [0.1, 0.15) is 5.76 Å². The Bertz CT molecular complexity index is 680. The number of nitrogens with zero attached hydrogens (tertiary/aromatic N) is 4. The summed E-state index contributed by atoms with van der Waals surface area (Å²) < 4.78 is 5.61. The second-order valence-corrected chi connectivity index (χ2v) is 6.81. The smallest absolute Gasteiger partial charge is 0.225 e. The van der Waals surface area contributed by atoms with E-state index in [0.29, 0.717) is 6.54 Å². The van der Waals surface area contributed by atoms with Gasteiger partial charge in [0.15, 0.2) is 0 Å². The molecule has 0 spiro atoms. The molecule has 1 amide bonds. The molecular weight excluding hydrogens is 342 g/mol. The van der Waals surface area contributed by atoms with E-state index in [2.05, 4.69) is 38.9 Å². The van der Waals surface area contributed by atoms with Crippen LogP contribution in [0.2, 0.25) is 0 Å². The normalized spacial score (nSPS) is 16.5. The van der Waals surface area contributed by atoms with Crippen LogP contribution in [0.25, 0.3) is 0 Å². The van der Waals surface area contributed by atoms with Gasteiger partial charge in [-0.3, -0.25) is 9.69 Å². The lowest BCUT2D eigenvalue weighted by Crippen LogP contribution is -2.44. The third-order valence-electron chi connectivity index (χ3n) is 5.30. The number of furan rings is 1. The highest BCUT2D eigenvalue weighted by atomic mass is 16.3. The van der Waals surface area contributed by atoms with E-state index < -0.39 is 0 Å². The molecule has 0 bridgehead atoms. The van der Waals surface area contributed by atoms with Crippen molar-refractivity contribution in [1.29, 1.82) is 0 Å². The molecule has 1 aliphatic heterocycles. The zero-order chi connectivity index (χ0) is 19.1. The van der Waals surface area contributed by atoms with Gasteiger partial charge in [-0.05, 0) is 44.1 Å². The van der Waals surface area contributed by atoms with Crippen molar-refractivity contribution in [2.45, 2.75) is 32.7 Å². The minimum atomic E-state index is 0.0407. The zero-order valence-corrected chi connectivity index (χ0v) is 16.2. The summed E-state index contributed by atoms with van der Waals surface area (Å²) in [5, 5.41) is 3.15. The molecule has 0 aliphatic carbocycles. The van der Waals surface area contributed by atoms with E-state index in [4.69, 9.17) is 4.42 Å². The predicted molar refractivity (Wildman–Crippen MR) is 104 cm³/mol. The number of aromatic nitrogens is 2. The fraction of sp³-hybridized carbons (Fsp3) is 0.550. The number of rotatable bonds is 8. The van der Waals surface area contributed by atoms with Crippen molar-refractivity contribution in [2.75, 3.05) is 37.6 Å². The van der Waals surface area contributed by atoms with E-state index in [1.54, 1.807) is 18.7 Å². The number of hydrogen-bond donors (Lipinski definition) is 1. The second kappa shape index (κ2) is 9.50. The van der Waals surface area contributed by atoms with Crippen LogP contribution in [0.3, 0.4) is 0 Å². The molecule has 1 fully saturated rings. The highest BCUT2D eigenvalue weighted by Gasteiger charge is 2.27. The maximum atomic E-state index is 12.7. The molecular formula is C20H29N5O2. The summed E-state index contributed by atoms with van der Waals surface area (Å²) in [6.07, 6.45) is 6.84. The van der Waals surface area contributed by atoms with Crippen LogP contribution in [0.1, 0.15) is 38.5 Å². The van der Waals surface area contributed by atoms with Crippen LogP contribution >= 0.6 is 0 Å². The molecule has 2 aromatic rings. The van der Waals surface area contributed by atoms with Crippen LogP contribution in [0.15, 0.2) is 41.3 Å². The van der Waals surface area contributed by atoms with Crippen molar-refractivity contribution in [3.05, 3.63) is 42.6 Å². The van der Waals surface area contributed by atoms with Gasteiger partial charge in [0.05, 0.1) is 12.3 Å². The number of carbonyl (C=O) groups excluding carboxylic acids is 1. The number of nitrogens with one attached hydrogen (secondary N) is 1. The molecule has 0 unspecified atom stereocenters. The largest absolute Gasteiger partial charge is 0.468 e. The quantitative estimate of drug-likeness (QED) is 0.768. The summed E-state index contributed by atoms with van der Waals surface area (Å²) in [5.74, 6) is 1.82. The third-order valence-corrected chi connectivity index (χ3v) is 5.30. The molecule has 0 aromatic carbocycles. The van der Waals surface area contributed by atoms with E-state index >= 15 is 0 Å². The molecule has 0 radical (unpaired) electrons. The summed E-state index contributed by atoms with van der Waals surface area (Å²) in [6.45, 7) is 8.25. The average molecular weight is 371 g/mol. The summed E-state index contributed by atoms with van der Waals surface area (Å²) >= 11 is 0. The van der Waals surface area contributed by atoms with Gasteiger partial charge in [-0.2, -0.15) is 0 Å². The SMILES string of the molecule is CCN(CC)[C@@H](CNC(=O)C1CCN(c2ncccn2)CC1)c1ccco1. The number of anilines is 1. The average Bonchev–Trinajstić information content (AvgIpc) is 3.26. The Morgan fingerprint density at radius 2 is 1.96 bits per heavy atom. The Hall–Kier alpha value is -2.41. The molecule has 1 aliphatic rings. The predicted octanol–water partition coefficient (Wildman–Crippen LogP) is 2.49. The molecule has 3 heterocycles. The fourth-order valence-electron chi connectivity index (χ4n) is 3.69. The lowest BCUT2D eigenvalue weighted by atomic mass is 9.96. The topological polar surface area (TPSA) is 74.5 Å². The number of amides is 1. The molecule has 0 saturated carbocycles. The third kappa shape index (κ3) is 4.86. The van der Waals surface area contributed by atoms with Gasteiger partial charge in [0, 0.05) is 37.9 Å². The van der Waals surface area contributed by atoms with Crippen LogP contribution in [0.4, 0.5) is 5.95 Å². The van der Waals surface area contributed by atoms with Crippen molar-refractivity contribution in [2.24, 2.45) is 5.92 Å². The van der Waals surface area contributed by atoms with Crippen LogP contribution < -0.4 is 10.2 Å². The molecule has 3 rings (SSSR count). The first kappa shape index (κ1) is 19.4. The fourth-order valence-corrected chi connectivity index (χ4v) is 3.69. The van der Waals surface area contributed by atoms with E-state index in [9.17, 15) is 4.79 Å².